The summed E-state index contributed by atoms with van der Waals surface area (Å²) in [6, 6.07) is 9.74. The molecule has 0 aliphatic carbocycles. The minimum atomic E-state index is -4.47. The number of hydrogen-bond acceptors (Lipinski definition) is 3. The predicted molar refractivity (Wildman–Crippen MR) is 90.1 cm³/mol. The third-order valence-electron chi connectivity index (χ3n) is 3.48. The molecule has 5 nitrogen and oxygen atoms in total. The van der Waals surface area contributed by atoms with E-state index in [-0.39, 0.29) is 17.7 Å². The van der Waals surface area contributed by atoms with E-state index in [2.05, 4.69) is 5.32 Å². The zero-order chi connectivity index (χ0) is 20.0. The van der Waals surface area contributed by atoms with Crippen molar-refractivity contribution in [3.05, 3.63) is 59.4 Å². The van der Waals surface area contributed by atoms with Gasteiger partial charge in [0.1, 0.15) is 6.54 Å². The van der Waals surface area contributed by atoms with Gasteiger partial charge < -0.3 is 15.4 Å². The highest BCUT2D eigenvalue weighted by Gasteiger charge is 2.27. The summed E-state index contributed by atoms with van der Waals surface area (Å²) in [6.45, 7) is -1.39. The van der Waals surface area contributed by atoms with E-state index in [0.717, 1.165) is 6.07 Å². The summed E-state index contributed by atoms with van der Waals surface area (Å²) in [4.78, 5) is 23.6. The van der Waals surface area contributed by atoms with Gasteiger partial charge in [0.25, 0.3) is 5.91 Å². The molecule has 2 amide bonds. The average molecular weight is 384 g/mol. The number of carbonyl (C=O) groups excluding carboxylic acids is 2. The van der Waals surface area contributed by atoms with Crippen LogP contribution in [0.25, 0.3) is 0 Å². The van der Waals surface area contributed by atoms with Crippen molar-refractivity contribution in [2.24, 2.45) is 0 Å². The molecular formula is C18H16F4N2O3. The van der Waals surface area contributed by atoms with Crippen LogP contribution in [0.2, 0.25) is 0 Å². The normalized spacial score (nSPS) is 11.0. The summed E-state index contributed by atoms with van der Waals surface area (Å²) in [5, 5.41) is 4.33. The molecule has 0 aliphatic rings. The molecule has 0 unspecified atom stereocenters. The van der Waals surface area contributed by atoms with Crippen molar-refractivity contribution in [1.82, 2.24) is 5.32 Å². The number of ether oxygens (including phenoxy) is 1. The first-order valence-electron chi connectivity index (χ1n) is 7.75. The first-order valence-corrected chi connectivity index (χ1v) is 7.75. The lowest BCUT2D eigenvalue weighted by Crippen LogP contribution is -2.34. The second-order valence-electron chi connectivity index (χ2n) is 5.57. The molecule has 0 atom stereocenters. The van der Waals surface area contributed by atoms with Crippen LogP contribution in [0.1, 0.15) is 15.9 Å². The maximum Gasteiger partial charge on any atom is 0.405 e. The Balaban J connectivity index is 1.94. The maximum atomic E-state index is 13.6. The third-order valence-corrected chi connectivity index (χ3v) is 3.48. The van der Waals surface area contributed by atoms with Gasteiger partial charge in [-0.15, -0.1) is 0 Å². The third kappa shape index (κ3) is 6.28. The van der Waals surface area contributed by atoms with Crippen molar-refractivity contribution in [3.63, 3.8) is 0 Å². The molecule has 2 rings (SSSR count). The Morgan fingerprint density at radius 2 is 1.74 bits per heavy atom. The van der Waals surface area contributed by atoms with E-state index in [1.807, 2.05) is 0 Å². The van der Waals surface area contributed by atoms with Crippen LogP contribution in [0.3, 0.4) is 0 Å². The molecule has 0 radical (unpaired) electrons. The van der Waals surface area contributed by atoms with E-state index in [0.29, 0.717) is 11.3 Å². The summed E-state index contributed by atoms with van der Waals surface area (Å²) in [6.07, 6.45) is -4.70. The summed E-state index contributed by atoms with van der Waals surface area (Å²) in [5.74, 6) is -1.98. The summed E-state index contributed by atoms with van der Waals surface area (Å²) in [7, 11) is 1.31. The molecule has 144 valence electrons. The summed E-state index contributed by atoms with van der Waals surface area (Å²) >= 11 is 0. The predicted octanol–water partition coefficient (Wildman–Crippen LogP) is 3.31. The molecule has 2 N–H and O–H groups in total. The lowest BCUT2D eigenvalue weighted by atomic mass is 10.1. The highest BCUT2D eigenvalue weighted by molar-refractivity contribution is 6.04. The molecule has 2 aromatic carbocycles. The molecular weight excluding hydrogens is 368 g/mol. The van der Waals surface area contributed by atoms with Crippen LogP contribution in [0.15, 0.2) is 42.5 Å². The Morgan fingerprint density at radius 3 is 2.30 bits per heavy atom. The Labute approximate surface area is 152 Å². The number of rotatable bonds is 6. The van der Waals surface area contributed by atoms with Gasteiger partial charge in [-0.1, -0.05) is 12.1 Å². The fourth-order valence-corrected chi connectivity index (χ4v) is 2.16. The van der Waals surface area contributed by atoms with Crippen LogP contribution in [-0.2, 0) is 11.2 Å². The smallest absolute Gasteiger partial charge is 0.405 e. The molecule has 2 aromatic rings. The highest BCUT2D eigenvalue weighted by atomic mass is 19.4. The number of carbonyl (C=O) groups is 2. The molecule has 9 heteroatoms. The number of hydrogen-bond donors (Lipinski definition) is 2. The maximum absolute atomic E-state index is 13.6. The molecule has 0 aliphatic heterocycles. The van der Waals surface area contributed by atoms with Crippen molar-refractivity contribution < 1.29 is 31.9 Å². The number of halogens is 4. The topological polar surface area (TPSA) is 67.4 Å². The van der Waals surface area contributed by atoms with Crippen molar-refractivity contribution in [2.75, 3.05) is 19.0 Å². The first kappa shape index (κ1) is 20.2. The molecule has 0 spiro atoms. The van der Waals surface area contributed by atoms with E-state index in [9.17, 15) is 27.2 Å². The second kappa shape index (κ2) is 8.52. The fourth-order valence-electron chi connectivity index (χ4n) is 2.16. The Kier molecular flexibility index (Phi) is 6.38. The zero-order valence-electron chi connectivity index (χ0n) is 14.2. The van der Waals surface area contributed by atoms with Gasteiger partial charge in [-0.3, -0.25) is 9.59 Å². The van der Waals surface area contributed by atoms with Crippen LogP contribution in [0.5, 0.6) is 5.75 Å². The average Bonchev–Trinajstić information content (AvgIpc) is 2.61. The van der Waals surface area contributed by atoms with Crippen molar-refractivity contribution in [1.29, 1.82) is 0 Å². The van der Waals surface area contributed by atoms with Gasteiger partial charge in [-0.05, 0) is 35.9 Å². The minimum Gasteiger partial charge on any atom is -0.494 e. The van der Waals surface area contributed by atoms with Crippen molar-refractivity contribution >= 4 is 17.5 Å². The van der Waals surface area contributed by atoms with Gasteiger partial charge in [0.15, 0.2) is 11.6 Å². The number of anilines is 1. The van der Waals surface area contributed by atoms with E-state index in [1.54, 1.807) is 5.32 Å². The zero-order valence-corrected chi connectivity index (χ0v) is 14.2. The number of methoxy groups -OCH3 is 1. The largest absolute Gasteiger partial charge is 0.494 e. The van der Waals surface area contributed by atoms with Gasteiger partial charge in [-0.25, -0.2) is 4.39 Å². The van der Waals surface area contributed by atoms with Crippen molar-refractivity contribution in [2.45, 2.75) is 12.6 Å². The van der Waals surface area contributed by atoms with Gasteiger partial charge in [0.05, 0.1) is 13.5 Å². The minimum absolute atomic E-state index is 0.0136. The highest BCUT2D eigenvalue weighted by Crippen LogP contribution is 2.19. The van der Waals surface area contributed by atoms with E-state index in [4.69, 9.17) is 4.74 Å². The quantitative estimate of drug-likeness (QED) is 0.751. The Hall–Kier alpha value is -3.10. The number of amides is 2. The fraction of sp³-hybridized carbons (Fsp3) is 0.222. The SMILES string of the molecule is COc1ccc(C(=O)Nc2ccc(CC(=O)NCC(F)(F)F)cc2)cc1F. The monoisotopic (exact) mass is 384 g/mol. The van der Waals surface area contributed by atoms with Gasteiger partial charge in [-0.2, -0.15) is 13.2 Å². The van der Waals surface area contributed by atoms with E-state index >= 15 is 0 Å². The molecule has 0 aromatic heterocycles. The van der Waals surface area contributed by atoms with E-state index in [1.165, 1.54) is 43.5 Å². The van der Waals surface area contributed by atoms with Gasteiger partial charge >= 0.3 is 6.18 Å². The van der Waals surface area contributed by atoms with Gasteiger partial charge in [0, 0.05) is 11.3 Å². The molecule has 0 heterocycles. The number of nitrogens with one attached hydrogen (secondary N) is 2. The Bertz CT molecular complexity index is 820. The molecule has 0 bridgehead atoms. The van der Waals surface area contributed by atoms with Crippen LogP contribution >= 0.6 is 0 Å². The molecule has 27 heavy (non-hydrogen) atoms. The number of benzene rings is 2. The lowest BCUT2D eigenvalue weighted by Gasteiger charge is -2.09. The van der Waals surface area contributed by atoms with Gasteiger partial charge in [0.2, 0.25) is 5.91 Å². The van der Waals surface area contributed by atoms with Crippen LogP contribution in [0, 0.1) is 5.82 Å². The van der Waals surface area contributed by atoms with E-state index < -0.39 is 30.4 Å². The van der Waals surface area contributed by atoms with Crippen molar-refractivity contribution in [3.8, 4) is 5.75 Å². The standard InChI is InChI=1S/C18H16F4N2O3/c1-27-15-7-4-12(9-14(15)19)17(26)24-13-5-2-11(3-6-13)8-16(25)23-10-18(20,21)22/h2-7,9H,8,10H2,1H3,(H,23,25)(H,24,26). The number of alkyl halides is 3. The molecule has 0 saturated carbocycles. The lowest BCUT2D eigenvalue weighted by molar-refractivity contribution is -0.138. The van der Waals surface area contributed by atoms with Crippen LogP contribution in [0.4, 0.5) is 23.2 Å². The second-order valence-corrected chi connectivity index (χ2v) is 5.57. The summed E-state index contributed by atoms with van der Waals surface area (Å²) in [5.41, 5.74) is 0.947. The van der Waals surface area contributed by atoms with Crippen LogP contribution < -0.4 is 15.4 Å². The molecule has 0 fully saturated rings. The molecule has 0 saturated heterocycles. The first-order chi connectivity index (χ1) is 12.7. The summed E-state index contributed by atoms with van der Waals surface area (Å²) < 4.78 is 54.6. The Morgan fingerprint density at radius 1 is 1.07 bits per heavy atom. The van der Waals surface area contributed by atoms with Crippen LogP contribution in [-0.4, -0.2) is 31.6 Å².